The maximum Gasteiger partial charge on any atom is 0.411 e. The van der Waals surface area contributed by atoms with E-state index in [0.717, 1.165) is 5.69 Å². The first kappa shape index (κ1) is 16.7. The molecule has 0 N–H and O–H groups in total. The Balaban J connectivity index is 2.51. The van der Waals surface area contributed by atoms with Gasteiger partial charge in [0, 0.05) is 25.3 Å². The Kier molecular flexibility index (Phi) is 5.74. The largest absolute Gasteiger partial charge is 0.411 e. The standard InChI is InChI=1S/C13H19F3N2O2/c1-4-11(19)12-9(2)17-18(10(12)3)6-5-7-20-8-13(14,15)16/h4-8H2,1-3H3. The molecular formula is C13H19F3N2O2. The van der Waals surface area contributed by atoms with Crippen LogP contribution in [0.4, 0.5) is 13.2 Å². The summed E-state index contributed by atoms with van der Waals surface area (Å²) >= 11 is 0. The summed E-state index contributed by atoms with van der Waals surface area (Å²) in [6.07, 6.45) is -3.47. The van der Waals surface area contributed by atoms with Gasteiger partial charge in [-0.15, -0.1) is 0 Å². The molecule has 0 unspecified atom stereocenters. The summed E-state index contributed by atoms with van der Waals surface area (Å²) in [4.78, 5) is 11.8. The molecule has 0 radical (unpaired) electrons. The van der Waals surface area contributed by atoms with Gasteiger partial charge in [0.25, 0.3) is 0 Å². The molecule has 1 rings (SSSR count). The Morgan fingerprint density at radius 3 is 2.55 bits per heavy atom. The van der Waals surface area contributed by atoms with Gasteiger partial charge >= 0.3 is 6.18 Å². The van der Waals surface area contributed by atoms with Crippen molar-refractivity contribution in [2.45, 2.75) is 46.3 Å². The van der Waals surface area contributed by atoms with Crippen LogP contribution in [0.15, 0.2) is 0 Å². The topological polar surface area (TPSA) is 44.1 Å². The van der Waals surface area contributed by atoms with Crippen LogP contribution in [0, 0.1) is 13.8 Å². The van der Waals surface area contributed by atoms with Gasteiger partial charge in [0.05, 0.1) is 11.3 Å². The first-order chi connectivity index (χ1) is 9.26. The Labute approximate surface area is 115 Å². The second-order valence-corrected chi connectivity index (χ2v) is 4.57. The van der Waals surface area contributed by atoms with Gasteiger partial charge in [0.15, 0.2) is 5.78 Å². The molecule has 114 valence electrons. The van der Waals surface area contributed by atoms with Crippen LogP contribution in [0.2, 0.25) is 0 Å². The van der Waals surface area contributed by atoms with Crippen LogP contribution < -0.4 is 0 Å². The number of ether oxygens (including phenoxy) is 1. The van der Waals surface area contributed by atoms with Crippen LogP contribution in [0.1, 0.15) is 41.5 Å². The zero-order valence-electron chi connectivity index (χ0n) is 11.9. The van der Waals surface area contributed by atoms with Crippen molar-refractivity contribution in [2.75, 3.05) is 13.2 Å². The average Bonchev–Trinajstić information content (AvgIpc) is 2.62. The van der Waals surface area contributed by atoms with Crippen molar-refractivity contribution in [1.82, 2.24) is 9.78 Å². The van der Waals surface area contributed by atoms with Crippen molar-refractivity contribution in [2.24, 2.45) is 0 Å². The lowest BCUT2D eigenvalue weighted by Crippen LogP contribution is -2.18. The quantitative estimate of drug-likeness (QED) is 0.573. The van der Waals surface area contributed by atoms with Gasteiger partial charge in [-0.1, -0.05) is 6.92 Å². The molecule has 0 aliphatic rings. The molecule has 1 heterocycles. The van der Waals surface area contributed by atoms with Crippen molar-refractivity contribution in [3.05, 3.63) is 17.0 Å². The molecule has 0 aliphatic heterocycles. The fraction of sp³-hybridized carbons (Fsp3) is 0.692. The summed E-state index contributed by atoms with van der Waals surface area (Å²) in [7, 11) is 0. The van der Waals surface area contributed by atoms with Gasteiger partial charge in [0.2, 0.25) is 0 Å². The highest BCUT2D eigenvalue weighted by molar-refractivity contribution is 5.97. The molecule has 0 saturated carbocycles. The van der Waals surface area contributed by atoms with Crippen LogP contribution in [0.25, 0.3) is 0 Å². The van der Waals surface area contributed by atoms with Gasteiger partial charge in [-0.2, -0.15) is 18.3 Å². The normalized spacial score (nSPS) is 11.9. The molecule has 0 bridgehead atoms. The number of halogens is 3. The number of hydrogen-bond acceptors (Lipinski definition) is 3. The van der Waals surface area contributed by atoms with Crippen LogP contribution >= 0.6 is 0 Å². The molecule has 0 aliphatic carbocycles. The molecule has 20 heavy (non-hydrogen) atoms. The molecule has 0 atom stereocenters. The smallest absolute Gasteiger partial charge is 0.372 e. The lowest BCUT2D eigenvalue weighted by Gasteiger charge is -2.08. The number of aromatic nitrogens is 2. The summed E-state index contributed by atoms with van der Waals surface area (Å²) < 4.78 is 41.8. The van der Waals surface area contributed by atoms with E-state index in [9.17, 15) is 18.0 Å². The summed E-state index contributed by atoms with van der Waals surface area (Å²) in [5.41, 5.74) is 2.03. The van der Waals surface area contributed by atoms with Gasteiger partial charge in [-0.05, 0) is 20.3 Å². The fourth-order valence-corrected chi connectivity index (χ4v) is 2.00. The minimum Gasteiger partial charge on any atom is -0.372 e. The molecule has 1 aromatic heterocycles. The van der Waals surface area contributed by atoms with Crippen molar-refractivity contribution in [3.8, 4) is 0 Å². The third-order valence-corrected chi connectivity index (χ3v) is 2.91. The summed E-state index contributed by atoms with van der Waals surface area (Å²) in [5.74, 6) is 0.0274. The Bertz CT molecular complexity index is 467. The number of rotatable bonds is 7. The first-order valence-electron chi connectivity index (χ1n) is 6.48. The Morgan fingerprint density at radius 2 is 2.00 bits per heavy atom. The Morgan fingerprint density at radius 1 is 1.35 bits per heavy atom. The fourth-order valence-electron chi connectivity index (χ4n) is 2.00. The maximum atomic E-state index is 11.9. The highest BCUT2D eigenvalue weighted by atomic mass is 19.4. The van der Waals surface area contributed by atoms with Crippen LogP contribution in [0.3, 0.4) is 0 Å². The number of carbonyl (C=O) groups is 1. The zero-order valence-corrected chi connectivity index (χ0v) is 11.9. The number of alkyl halides is 3. The van der Waals surface area contributed by atoms with Crippen LogP contribution in [-0.4, -0.2) is 35.0 Å². The van der Waals surface area contributed by atoms with E-state index < -0.39 is 12.8 Å². The van der Waals surface area contributed by atoms with Crippen molar-refractivity contribution >= 4 is 5.78 Å². The molecule has 0 amide bonds. The minimum atomic E-state index is -4.29. The van der Waals surface area contributed by atoms with E-state index in [1.54, 1.807) is 25.5 Å². The van der Waals surface area contributed by atoms with E-state index >= 15 is 0 Å². The molecule has 0 fully saturated rings. The summed E-state index contributed by atoms with van der Waals surface area (Å²) in [5, 5.41) is 4.24. The molecule has 0 saturated heterocycles. The molecular weight excluding hydrogens is 273 g/mol. The summed E-state index contributed by atoms with van der Waals surface area (Å²) in [6.45, 7) is 4.54. The Hall–Kier alpha value is -1.37. The van der Waals surface area contributed by atoms with Gasteiger partial charge < -0.3 is 4.74 Å². The van der Waals surface area contributed by atoms with E-state index in [4.69, 9.17) is 0 Å². The van der Waals surface area contributed by atoms with Gasteiger partial charge in [-0.25, -0.2) is 0 Å². The maximum absolute atomic E-state index is 11.9. The van der Waals surface area contributed by atoms with Crippen molar-refractivity contribution < 1.29 is 22.7 Å². The van der Waals surface area contributed by atoms with E-state index in [1.807, 2.05) is 0 Å². The minimum absolute atomic E-state index is 0.00884. The van der Waals surface area contributed by atoms with E-state index in [1.165, 1.54) is 0 Å². The zero-order chi connectivity index (χ0) is 15.3. The second-order valence-electron chi connectivity index (χ2n) is 4.57. The number of Topliss-reactive ketones (excluding diaryl/α,β-unsaturated/α-hetero) is 1. The second kappa shape index (κ2) is 6.88. The lowest BCUT2D eigenvalue weighted by atomic mass is 10.1. The number of hydrogen-bond donors (Lipinski definition) is 0. The number of ketones is 1. The molecule has 1 aromatic rings. The molecule has 0 aromatic carbocycles. The summed E-state index contributed by atoms with van der Waals surface area (Å²) in [6, 6.07) is 0. The number of nitrogens with zero attached hydrogens (tertiary/aromatic N) is 2. The lowest BCUT2D eigenvalue weighted by molar-refractivity contribution is -0.174. The SMILES string of the molecule is CCC(=O)c1c(C)nn(CCCOCC(F)(F)F)c1C. The van der Waals surface area contributed by atoms with Crippen molar-refractivity contribution in [1.29, 1.82) is 0 Å². The van der Waals surface area contributed by atoms with Crippen LogP contribution in [0.5, 0.6) is 0 Å². The van der Waals surface area contributed by atoms with E-state index in [0.29, 0.717) is 30.6 Å². The highest BCUT2D eigenvalue weighted by Gasteiger charge is 2.27. The van der Waals surface area contributed by atoms with Crippen LogP contribution in [-0.2, 0) is 11.3 Å². The predicted molar refractivity (Wildman–Crippen MR) is 67.8 cm³/mol. The van der Waals surface area contributed by atoms with Crippen molar-refractivity contribution in [3.63, 3.8) is 0 Å². The first-order valence-corrected chi connectivity index (χ1v) is 6.48. The van der Waals surface area contributed by atoms with Gasteiger partial charge in [-0.3, -0.25) is 9.48 Å². The predicted octanol–water partition coefficient (Wildman–Crippen LogP) is 3.06. The molecule has 0 spiro atoms. The molecule has 4 nitrogen and oxygen atoms in total. The highest BCUT2D eigenvalue weighted by Crippen LogP contribution is 2.16. The number of aryl methyl sites for hydroxylation is 2. The third kappa shape index (κ3) is 4.63. The average molecular weight is 292 g/mol. The third-order valence-electron chi connectivity index (χ3n) is 2.91. The molecule has 7 heteroatoms. The monoisotopic (exact) mass is 292 g/mol. The number of carbonyl (C=O) groups excluding carboxylic acids is 1. The van der Waals surface area contributed by atoms with E-state index in [2.05, 4.69) is 9.84 Å². The van der Waals surface area contributed by atoms with Gasteiger partial charge in [0.1, 0.15) is 6.61 Å². The van der Waals surface area contributed by atoms with E-state index in [-0.39, 0.29) is 12.4 Å².